The Bertz CT molecular complexity index is 303. The average Bonchev–Trinajstić information content (AvgIpc) is 1.84. The molecule has 0 aliphatic rings. The first-order chi connectivity index (χ1) is 4.61. The van der Waals surface area contributed by atoms with Crippen molar-refractivity contribution >= 4 is 17.4 Å². The number of rotatable bonds is 0. The second-order valence-corrected chi connectivity index (χ2v) is 2.32. The van der Waals surface area contributed by atoms with Gasteiger partial charge in [-0.25, -0.2) is 0 Å². The Morgan fingerprint density at radius 1 is 1.80 bits per heavy atom. The number of nitrogen functional groups attached to an aromatic ring is 1. The molecule has 1 heterocycles. The maximum Gasteiger partial charge on any atom is 0.223 e. The van der Waals surface area contributed by atoms with Crippen molar-refractivity contribution in [3.63, 3.8) is 0 Å². The van der Waals surface area contributed by atoms with Crippen LogP contribution in [-0.2, 0) is 7.05 Å². The second kappa shape index (κ2) is 2.30. The fourth-order valence-corrected chi connectivity index (χ4v) is 0.732. The van der Waals surface area contributed by atoms with E-state index in [1.54, 1.807) is 13.2 Å². The summed E-state index contributed by atoms with van der Waals surface area (Å²) >= 11 is 5.59. The first-order valence-electron chi connectivity index (χ1n) is 2.64. The van der Waals surface area contributed by atoms with Crippen LogP contribution < -0.4 is 11.4 Å². The molecule has 0 aromatic carbocycles. The molecule has 0 bridgehead atoms. The number of aromatic nitrogens is 2. The topological polar surface area (TPSA) is 67.7 Å². The highest BCUT2D eigenvalue weighted by Crippen LogP contribution is 2.10. The van der Waals surface area contributed by atoms with Gasteiger partial charge in [-0.15, -0.1) is 0 Å². The Balaban J connectivity index is 3.43. The zero-order chi connectivity index (χ0) is 7.72. The van der Waals surface area contributed by atoms with Gasteiger partial charge in [-0.1, -0.05) is 11.6 Å². The van der Waals surface area contributed by atoms with E-state index in [-0.39, 0.29) is 11.4 Å². The van der Waals surface area contributed by atoms with E-state index in [0.29, 0.717) is 5.02 Å². The van der Waals surface area contributed by atoms with Crippen molar-refractivity contribution in [1.82, 2.24) is 9.55 Å². The lowest BCUT2D eigenvalue weighted by molar-refractivity contribution is 0.766. The number of nitrogens with one attached hydrogen (secondary N) is 1. The van der Waals surface area contributed by atoms with Crippen LogP contribution in [-0.4, -0.2) is 9.55 Å². The third-order valence-corrected chi connectivity index (χ3v) is 1.40. The molecular weight excluding hydrogens is 152 g/mol. The summed E-state index contributed by atoms with van der Waals surface area (Å²) < 4.78 is 1.48. The Kier molecular flexibility index (Phi) is 1.63. The first kappa shape index (κ1) is 7.08. The van der Waals surface area contributed by atoms with Gasteiger partial charge in [-0.05, 0) is 0 Å². The summed E-state index contributed by atoms with van der Waals surface area (Å²) in [4.78, 5) is 3.65. The lowest BCUT2D eigenvalue weighted by atomic mass is 10.6. The standard InChI is InChI=1S/C5H7ClN4/c1-10-2-3(6)4(7)9-5(10)8/h2H,1H3,(H3,7,8,9). The van der Waals surface area contributed by atoms with Gasteiger partial charge in [0.25, 0.3) is 0 Å². The fraction of sp³-hybridized carbons (Fsp3) is 0.200. The van der Waals surface area contributed by atoms with E-state index in [1.165, 1.54) is 4.57 Å². The quantitative estimate of drug-likeness (QED) is 0.564. The van der Waals surface area contributed by atoms with Crippen LogP contribution in [0.2, 0.25) is 5.02 Å². The zero-order valence-corrected chi connectivity index (χ0v) is 6.18. The molecule has 0 atom stereocenters. The summed E-state index contributed by atoms with van der Waals surface area (Å²) in [5.74, 6) is 0.199. The lowest BCUT2D eigenvalue weighted by Gasteiger charge is -1.99. The Morgan fingerprint density at radius 2 is 2.40 bits per heavy atom. The molecule has 0 unspecified atom stereocenters. The van der Waals surface area contributed by atoms with Crippen molar-refractivity contribution in [3.05, 3.63) is 16.8 Å². The molecule has 1 aromatic heterocycles. The number of nitrogens with zero attached hydrogens (tertiary/aromatic N) is 2. The van der Waals surface area contributed by atoms with Crippen LogP contribution in [0.1, 0.15) is 0 Å². The monoisotopic (exact) mass is 158 g/mol. The molecule has 0 radical (unpaired) electrons. The van der Waals surface area contributed by atoms with Crippen LogP contribution in [0.3, 0.4) is 0 Å². The number of hydrogen-bond donors (Lipinski definition) is 2. The van der Waals surface area contributed by atoms with Crippen LogP contribution >= 0.6 is 11.6 Å². The highest BCUT2D eigenvalue weighted by Gasteiger charge is 1.96. The van der Waals surface area contributed by atoms with E-state index in [2.05, 4.69) is 4.98 Å². The van der Waals surface area contributed by atoms with Gasteiger partial charge in [0.05, 0.1) is 5.02 Å². The number of nitrogens with two attached hydrogens (primary N) is 1. The van der Waals surface area contributed by atoms with Crippen molar-refractivity contribution in [2.75, 3.05) is 5.73 Å². The molecule has 1 rings (SSSR count). The van der Waals surface area contributed by atoms with Crippen molar-refractivity contribution in [2.24, 2.45) is 7.05 Å². The second-order valence-electron chi connectivity index (χ2n) is 1.91. The summed E-state index contributed by atoms with van der Waals surface area (Å²) in [6.45, 7) is 0. The molecule has 0 saturated heterocycles. The van der Waals surface area contributed by atoms with Crippen LogP contribution in [0.4, 0.5) is 5.82 Å². The molecule has 4 nitrogen and oxygen atoms in total. The molecular formula is C5H7ClN4. The summed E-state index contributed by atoms with van der Waals surface area (Å²) in [6.07, 6.45) is 1.55. The summed E-state index contributed by atoms with van der Waals surface area (Å²) in [6, 6.07) is 0. The summed E-state index contributed by atoms with van der Waals surface area (Å²) in [5, 5.41) is 7.54. The molecule has 54 valence electrons. The Labute approximate surface area is 62.8 Å². The zero-order valence-electron chi connectivity index (χ0n) is 5.43. The van der Waals surface area contributed by atoms with Crippen molar-refractivity contribution < 1.29 is 0 Å². The van der Waals surface area contributed by atoms with Gasteiger partial charge < -0.3 is 10.3 Å². The van der Waals surface area contributed by atoms with E-state index in [4.69, 9.17) is 22.7 Å². The van der Waals surface area contributed by atoms with E-state index in [9.17, 15) is 0 Å². The highest BCUT2D eigenvalue weighted by molar-refractivity contribution is 6.32. The molecule has 3 N–H and O–H groups in total. The van der Waals surface area contributed by atoms with Gasteiger partial charge in [0.1, 0.15) is 5.82 Å². The number of aryl methyl sites for hydroxylation is 1. The molecule has 0 amide bonds. The van der Waals surface area contributed by atoms with E-state index in [0.717, 1.165) is 0 Å². The van der Waals surface area contributed by atoms with Gasteiger partial charge in [0, 0.05) is 13.2 Å². The van der Waals surface area contributed by atoms with Crippen LogP contribution in [0, 0.1) is 5.41 Å². The van der Waals surface area contributed by atoms with Gasteiger partial charge in [-0.3, -0.25) is 5.41 Å². The Hall–Kier alpha value is -1.03. The summed E-state index contributed by atoms with van der Waals surface area (Å²) in [5.41, 5.74) is 5.41. The van der Waals surface area contributed by atoms with Gasteiger partial charge in [0.15, 0.2) is 0 Å². The minimum Gasteiger partial charge on any atom is -0.382 e. The van der Waals surface area contributed by atoms with Gasteiger partial charge in [0.2, 0.25) is 5.62 Å². The Morgan fingerprint density at radius 3 is 2.90 bits per heavy atom. The molecule has 0 fully saturated rings. The molecule has 0 aliphatic heterocycles. The number of hydrogen-bond acceptors (Lipinski definition) is 3. The van der Waals surface area contributed by atoms with Crippen molar-refractivity contribution in [3.8, 4) is 0 Å². The van der Waals surface area contributed by atoms with E-state index >= 15 is 0 Å². The molecule has 0 saturated carbocycles. The van der Waals surface area contributed by atoms with Gasteiger partial charge in [-0.2, -0.15) is 4.98 Å². The minimum atomic E-state index is 0.0990. The normalized spacial score (nSPS) is 9.80. The van der Waals surface area contributed by atoms with Crippen molar-refractivity contribution in [1.29, 1.82) is 5.41 Å². The molecule has 1 aromatic rings. The van der Waals surface area contributed by atoms with E-state index in [1.807, 2.05) is 0 Å². The van der Waals surface area contributed by atoms with Crippen LogP contribution in [0.15, 0.2) is 6.20 Å². The maximum atomic E-state index is 7.17. The largest absolute Gasteiger partial charge is 0.382 e. The molecule has 5 heteroatoms. The van der Waals surface area contributed by atoms with Gasteiger partial charge >= 0.3 is 0 Å². The molecule has 0 spiro atoms. The predicted molar refractivity (Wildman–Crippen MR) is 38.5 cm³/mol. The average molecular weight is 159 g/mol. The smallest absolute Gasteiger partial charge is 0.223 e. The van der Waals surface area contributed by atoms with Crippen LogP contribution in [0.25, 0.3) is 0 Å². The summed E-state index contributed by atoms with van der Waals surface area (Å²) in [7, 11) is 1.68. The lowest BCUT2D eigenvalue weighted by Crippen LogP contribution is -2.20. The number of halogens is 1. The third-order valence-electron chi connectivity index (χ3n) is 1.11. The van der Waals surface area contributed by atoms with Crippen LogP contribution in [0.5, 0.6) is 0 Å². The van der Waals surface area contributed by atoms with Crippen molar-refractivity contribution in [2.45, 2.75) is 0 Å². The predicted octanol–water partition coefficient (Wildman–Crippen LogP) is 0.135. The number of anilines is 1. The van der Waals surface area contributed by atoms with E-state index < -0.39 is 0 Å². The highest BCUT2D eigenvalue weighted by atomic mass is 35.5. The molecule has 0 aliphatic carbocycles. The maximum absolute atomic E-state index is 7.17. The third kappa shape index (κ3) is 1.11. The SMILES string of the molecule is Cn1cc(Cl)c(N)nc1=N. The first-order valence-corrected chi connectivity index (χ1v) is 3.02. The molecule has 10 heavy (non-hydrogen) atoms. The fourth-order valence-electron chi connectivity index (χ4n) is 0.544. The minimum absolute atomic E-state index is 0.0990.